The molecule has 0 bridgehead atoms. The molecule has 2 amide bonds. The van der Waals surface area contributed by atoms with Crippen LogP contribution in [0.2, 0.25) is 5.02 Å². The molecule has 0 spiro atoms. The highest BCUT2D eigenvalue weighted by Gasteiger charge is 2.33. The molecule has 1 aliphatic heterocycles. The first-order valence-electron chi connectivity index (χ1n) is 9.71. The average Bonchev–Trinajstić information content (AvgIpc) is 3.06. The van der Waals surface area contributed by atoms with E-state index in [1.54, 1.807) is 24.3 Å². The fraction of sp³-hybridized carbons (Fsp3) is 0.0417. The zero-order valence-corrected chi connectivity index (χ0v) is 20.9. The largest absolute Gasteiger partial charge is 0.489 e. The van der Waals surface area contributed by atoms with E-state index in [1.165, 1.54) is 6.07 Å². The van der Waals surface area contributed by atoms with Gasteiger partial charge in [-0.2, -0.15) is 5.01 Å². The molecule has 1 saturated heterocycles. The van der Waals surface area contributed by atoms with Crippen LogP contribution >= 0.6 is 51.5 Å². The molecule has 9 heteroatoms. The van der Waals surface area contributed by atoms with Gasteiger partial charge in [0.15, 0.2) is 4.32 Å². The van der Waals surface area contributed by atoms with Gasteiger partial charge in [-0.05, 0) is 71.9 Å². The van der Waals surface area contributed by atoms with Gasteiger partial charge in [0.25, 0.3) is 11.8 Å². The SMILES string of the molecule is O=C(NN1C(=O)/C(=C\c2ccc(OCc3cccc(Br)c3)cc2)SC1=S)c1cccc(Cl)c1. The van der Waals surface area contributed by atoms with Gasteiger partial charge in [-0.15, -0.1) is 0 Å². The average molecular weight is 560 g/mol. The molecule has 3 aromatic carbocycles. The number of rotatable bonds is 6. The van der Waals surface area contributed by atoms with Crippen LogP contribution in [0.25, 0.3) is 6.08 Å². The van der Waals surface area contributed by atoms with E-state index in [-0.39, 0.29) is 4.32 Å². The van der Waals surface area contributed by atoms with Crippen LogP contribution < -0.4 is 10.2 Å². The van der Waals surface area contributed by atoms with Crippen LogP contribution in [-0.2, 0) is 11.4 Å². The fourth-order valence-corrected chi connectivity index (χ4v) is 4.78. The van der Waals surface area contributed by atoms with Crippen molar-refractivity contribution >= 4 is 73.7 Å². The number of hydrogen-bond donors (Lipinski definition) is 1. The van der Waals surface area contributed by atoms with Crippen LogP contribution in [0.15, 0.2) is 82.2 Å². The molecule has 0 saturated carbocycles. The summed E-state index contributed by atoms with van der Waals surface area (Å²) in [5.41, 5.74) is 4.74. The molecular formula is C24H16BrClN2O3S2. The normalized spacial score (nSPS) is 14.6. The lowest BCUT2D eigenvalue weighted by molar-refractivity contribution is -0.123. The highest BCUT2D eigenvalue weighted by Crippen LogP contribution is 2.32. The second-order valence-electron chi connectivity index (χ2n) is 6.96. The standard InChI is InChI=1S/C24H16BrClN2O3S2/c25-18-5-1-3-16(11-18)14-31-20-9-7-15(8-10-20)12-21-23(30)28(24(32)33-21)27-22(29)17-4-2-6-19(26)13-17/h1-13H,14H2,(H,27,29)/b21-12+. The van der Waals surface area contributed by atoms with Crippen molar-refractivity contribution in [3.05, 3.63) is 104 Å². The third-order valence-corrected chi connectivity index (χ3v) is 6.60. The van der Waals surface area contributed by atoms with Crippen molar-refractivity contribution in [3.63, 3.8) is 0 Å². The lowest BCUT2D eigenvalue weighted by atomic mass is 10.2. The van der Waals surface area contributed by atoms with Crippen LogP contribution in [0.1, 0.15) is 21.5 Å². The number of ether oxygens (including phenoxy) is 1. The monoisotopic (exact) mass is 558 g/mol. The second kappa shape index (κ2) is 10.5. The predicted octanol–water partition coefficient (Wildman–Crippen LogP) is 6.23. The molecule has 1 N–H and O–H groups in total. The Bertz CT molecular complexity index is 1260. The Kier molecular flexibility index (Phi) is 7.49. The van der Waals surface area contributed by atoms with Crippen molar-refractivity contribution in [1.29, 1.82) is 0 Å². The molecule has 1 aliphatic rings. The molecule has 33 heavy (non-hydrogen) atoms. The van der Waals surface area contributed by atoms with Crippen molar-refractivity contribution in [3.8, 4) is 5.75 Å². The Morgan fingerprint density at radius 1 is 1.12 bits per heavy atom. The summed E-state index contributed by atoms with van der Waals surface area (Å²) in [6.07, 6.45) is 1.73. The van der Waals surface area contributed by atoms with Crippen LogP contribution in [0.3, 0.4) is 0 Å². The van der Waals surface area contributed by atoms with E-state index in [9.17, 15) is 9.59 Å². The van der Waals surface area contributed by atoms with Crippen molar-refractivity contribution in [1.82, 2.24) is 10.4 Å². The quantitative estimate of drug-likeness (QED) is 0.287. The molecule has 4 rings (SSSR count). The first-order chi connectivity index (χ1) is 15.9. The van der Waals surface area contributed by atoms with E-state index in [4.69, 9.17) is 28.6 Å². The van der Waals surface area contributed by atoms with Gasteiger partial charge < -0.3 is 4.74 Å². The first kappa shape index (κ1) is 23.5. The molecule has 1 heterocycles. The number of benzene rings is 3. The first-order valence-corrected chi connectivity index (χ1v) is 12.1. The van der Waals surface area contributed by atoms with Gasteiger partial charge in [-0.1, -0.05) is 69.6 Å². The van der Waals surface area contributed by atoms with E-state index in [1.807, 2.05) is 48.5 Å². The van der Waals surface area contributed by atoms with Gasteiger partial charge in [-0.3, -0.25) is 15.0 Å². The van der Waals surface area contributed by atoms with Gasteiger partial charge in [0.1, 0.15) is 12.4 Å². The minimum atomic E-state index is -0.470. The summed E-state index contributed by atoms with van der Waals surface area (Å²) in [4.78, 5) is 25.7. The van der Waals surface area contributed by atoms with E-state index in [0.29, 0.717) is 27.8 Å². The van der Waals surface area contributed by atoms with Gasteiger partial charge in [-0.25, -0.2) is 0 Å². The summed E-state index contributed by atoms with van der Waals surface area (Å²) in [5.74, 6) is -0.147. The number of hydrogen-bond acceptors (Lipinski definition) is 5. The predicted molar refractivity (Wildman–Crippen MR) is 139 cm³/mol. The minimum Gasteiger partial charge on any atom is -0.489 e. The van der Waals surface area contributed by atoms with Crippen LogP contribution in [0.4, 0.5) is 0 Å². The summed E-state index contributed by atoms with van der Waals surface area (Å²) in [6.45, 7) is 0.448. The zero-order chi connectivity index (χ0) is 23.4. The van der Waals surface area contributed by atoms with Gasteiger partial charge in [0, 0.05) is 15.1 Å². The molecular weight excluding hydrogens is 544 g/mol. The molecule has 3 aromatic rings. The van der Waals surface area contributed by atoms with E-state index >= 15 is 0 Å². The number of thiocarbonyl (C=S) groups is 1. The molecule has 166 valence electrons. The number of hydrazine groups is 1. The number of amides is 2. The number of carbonyl (C=O) groups is 2. The van der Waals surface area contributed by atoms with Crippen molar-refractivity contribution < 1.29 is 14.3 Å². The second-order valence-corrected chi connectivity index (χ2v) is 9.98. The summed E-state index contributed by atoms with van der Waals surface area (Å²) in [7, 11) is 0. The number of thioether (sulfide) groups is 1. The van der Waals surface area contributed by atoms with Crippen molar-refractivity contribution in [2.45, 2.75) is 6.61 Å². The molecule has 0 radical (unpaired) electrons. The smallest absolute Gasteiger partial charge is 0.285 e. The summed E-state index contributed by atoms with van der Waals surface area (Å²) < 4.78 is 7.07. The topological polar surface area (TPSA) is 58.6 Å². The molecule has 1 fully saturated rings. The van der Waals surface area contributed by atoms with Crippen LogP contribution in [0.5, 0.6) is 5.75 Å². The molecule has 0 atom stereocenters. The Morgan fingerprint density at radius 3 is 2.61 bits per heavy atom. The maximum Gasteiger partial charge on any atom is 0.285 e. The Hall–Kier alpha value is -2.65. The minimum absolute atomic E-state index is 0.246. The molecule has 0 aromatic heterocycles. The number of nitrogens with one attached hydrogen (secondary N) is 1. The maximum absolute atomic E-state index is 12.8. The van der Waals surface area contributed by atoms with Gasteiger partial charge in [0.05, 0.1) is 4.91 Å². The zero-order valence-electron chi connectivity index (χ0n) is 17.0. The Labute approximate surface area is 213 Å². The van der Waals surface area contributed by atoms with Crippen molar-refractivity contribution in [2.75, 3.05) is 0 Å². The van der Waals surface area contributed by atoms with Crippen molar-refractivity contribution in [2.24, 2.45) is 0 Å². The number of carbonyl (C=O) groups excluding carboxylic acids is 2. The summed E-state index contributed by atoms with van der Waals surface area (Å²) >= 11 is 15.8. The van der Waals surface area contributed by atoms with E-state index in [2.05, 4.69) is 21.4 Å². The van der Waals surface area contributed by atoms with Gasteiger partial charge >= 0.3 is 0 Å². The highest BCUT2D eigenvalue weighted by molar-refractivity contribution is 9.10. The Balaban J connectivity index is 1.40. The lowest BCUT2D eigenvalue weighted by Gasteiger charge is -2.15. The maximum atomic E-state index is 12.8. The third kappa shape index (κ3) is 6.03. The lowest BCUT2D eigenvalue weighted by Crippen LogP contribution is -2.44. The highest BCUT2D eigenvalue weighted by atomic mass is 79.9. The summed E-state index contributed by atoms with van der Waals surface area (Å²) in [5, 5.41) is 1.50. The van der Waals surface area contributed by atoms with Crippen LogP contribution in [0, 0.1) is 0 Å². The number of halogens is 2. The fourth-order valence-electron chi connectivity index (χ4n) is 2.96. The van der Waals surface area contributed by atoms with Crippen LogP contribution in [-0.4, -0.2) is 21.1 Å². The molecule has 5 nitrogen and oxygen atoms in total. The van der Waals surface area contributed by atoms with E-state index < -0.39 is 11.8 Å². The van der Waals surface area contributed by atoms with Gasteiger partial charge in [0.2, 0.25) is 0 Å². The molecule has 0 unspecified atom stereocenters. The Morgan fingerprint density at radius 2 is 1.88 bits per heavy atom. The summed E-state index contributed by atoms with van der Waals surface area (Å²) in [6, 6.07) is 21.7. The van der Waals surface area contributed by atoms with E-state index in [0.717, 1.165) is 32.4 Å². The molecule has 0 aliphatic carbocycles. The third-order valence-electron chi connectivity index (χ3n) is 4.57. The number of nitrogens with zero attached hydrogens (tertiary/aromatic N) is 1.